The van der Waals surface area contributed by atoms with Crippen molar-refractivity contribution >= 4 is 5.52 Å². The normalized spacial score (nSPS) is 11.1. The number of hydrogen-bond acceptors (Lipinski definition) is 3. The van der Waals surface area contributed by atoms with Crippen molar-refractivity contribution in [2.24, 2.45) is 0 Å². The first-order chi connectivity index (χ1) is 9.09. The Balaban J connectivity index is 2.48. The van der Waals surface area contributed by atoms with Crippen molar-refractivity contribution in [3.05, 3.63) is 56.6 Å². The van der Waals surface area contributed by atoms with E-state index in [0.717, 1.165) is 0 Å². The molecule has 0 saturated carbocycles. The fourth-order valence-electron chi connectivity index (χ4n) is 2.27. The van der Waals surface area contributed by atoms with E-state index in [-0.39, 0.29) is 11.2 Å². The number of aromatic nitrogens is 4. The molecule has 0 radical (unpaired) electrons. The van der Waals surface area contributed by atoms with Gasteiger partial charge in [0.15, 0.2) is 0 Å². The summed E-state index contributed by atoms with van der Waals surface area (Å²) in [6, 6.07) is 5.41. The maximum atomic E-state index is 12.1. The van der Waals surface area contributed by atoms with Crippen molar-refractivity contribution in [2.45, 2.75) is 13.8 Å². The summed E-state index contributed by atoms with van der Waals surface area (Å²) in [5.41, 5.74) is 2.13. The van der Waals surface area contributed by atoms with Gasteiger partial charge in [0.05, 0.1) is 17.1 Å². The molecule has 3 heterocycles. The third kappa shape index (κ3) is 1.61. The van der Waals surface area contributed by atoms with E-state index in [0.29, 0.717) is 28.3 Å². The van der Waals surface area contributed by atoms with E-state index in [1.54, 1.807) is 32.2 Å². The summed E-state index contributed by atoms with van der Waals surface area (Å²) < 4.78 is 1.39. The molecule has 2 N–H and O–H groups in total. The molecule has 6 heteroatoms. The number of hydrogen-bond donors (Lipinski definition) is 2. The number of rotatable bonds is 1. The summed E-state index contributed by atoms with van der Waals surface area (Å²) in [4.78, 5) is 33.6. The molecule has 0 aliphatic carbocycles. The van der Waals surface area contributed by atoms with Gasteiger partial charge in [0, 0.05) is 11.9 Å². The molecule has 0 fully saturated rings. The highest BCUT2D eigenvalue weighted by atomic mass is 16.1. The van der Waals surface area contributed by atoms with Crippen molar-refractivity contribution in [1.29, 1.82) is 0 Å². The van der Waals surface area contributed by atoms with Crippen LogP contribution >= 0.6 is 0 Å². The Hall–Kier alpha value is -2.63. The first-order valence-electron chi connectivity index (χ1n) is 5.85. The van der Waals surface area contributed by atoms with E-state index in [1.165, 1.54) is 4.40 Å². The quantitative estimate of drug-likeness (QED) is 0.681. The zero-order valence-corrected chi connectivity index (χ0v) is 10.5. The van der Waals surface area contributed by atoms with Gasteiger partial charge in [-0.1, -0.05) is 6.07 Å². The average molecular weight is 256 g/mol. The van der Waals surface area contributed by atoms with Crippen LogP contribution < -0.4 is 11.2 Å². The van der Waals surface area contributed by atoms with Gasteiger partial charge in [-0.2, -0.15) is 0 Å². The first kappa shape index (κ1) is 11.5. The van der Waals surface area contributed by atoms with E-state index in [1.807, 2.05) is 6.07 Å². The van der Waals surface area contributed by atoms with E-state index in [9.17, 15) is 9.59 Å². The van der Waals surface area contributed by atoms with Crippen LogP contribution in [0, 0.1) is 13.8 Å². The summed E-state index contributed by atoms with van der Waals surface area (Å²) in [6.45, 7) is 3.48. The Kier molecular flexibility index (Phi) is 2.38. The molecule has 3 rings (SSSR count). The fourth-order valence-corrected chi connectivity index (χ4v) is 2.27. The lowest BCUT2D eigenvalue weighted by Crippen LogP contribution is -2.20. The predicted octanol–water partition coefficient (Wildman–Crippen LogP) is 0.995. The highest BCUT2D eigenvalue weighted by Crippen LogP contribution is 2.17. The Morgan fingerprint density at radius 3 is 2.63 bits per heavy atom. The van der Waals surface area contributed by atoms with E-state index >= 15 is 0 Å². The summed E-state index contributed by atoms with van der Waals surface area (Å²) >= 11 is 0. The number of nitrogens with zero attached hydrogens (tertiary/aromatic N) is 2. The summed E-state index contributed by atoms with van der Waals surface area (Å²) in [7, 11) is 0. The zero-order valence-electron chi connectivity index (χ0n) is 10.5. The Labute approximate surface area is 107 Å². The topological polar surface area (TPSA) is 83.0 Å². The minimum atomic E-state index is -0.312. The van der Waals surface area contributed by atoms with Gasteiger partial charge in [0.25, 0.3) is 5.56 Å². The molecule has 0 saturated heterocycles. The van der Waals surface area contributed by atoms with Crippen LogP contribution in [0.2, 0.25) is 0 Å². The summed E-state index contributed by atoms with van der Waals surface area (Å²) in [5.74, 6) is 0. The number of H-pyrrole nitrogens is 2. The van der Waals surface area contributed by atoms with Gasteiger partial charge >= 0.3 is 5.69 Å². The van der Waals surface area contributed by atoms with Gasteiger partial charge in [-0.3, -0.25) is 14.2 Å². The Morgan fingerprint density at radius 2 is 1.95 bits per heavy atom. The smallest absolute Gasteiger partial charge is 0.317 e. The minimum absolute atomic E-state index is 0.304. The second kappa shape index (κ2) is 3.94. The molecule has 0 spiro atoms. The van der Waals surface area contributed by atoms with Crippen LogP contribution in [0.4, 0.5) is 0 Å². The van der Waals surface area contributed by atoms with Crippen LogP contribution in [0.1, 0.15) is 11.4 Å². The lowest BCUT2D eigenvalue weighted by atomic mass is 10.2. The molecule has 0 atom stereocenters. The summed E-state index contributed by atoms with van der Waals surface area (Å²) in [6.07, 6.45) is 1.64. The van der Waals surface area contributed by atoms with Crippen molar-refractivity contribution in [2.75, 3.05) is 0 Å². The van der Waals surface area contributed by atoms with Gasteiger partial charge in [-0.05, 0) is 26.0 Å². The van der Waals surface area contributed by atoms with Gasteiger partial charge < -0.3 is 9.97 Å². The number of imidazole rings is 1. The lowest BCUT2D eigenvalue weighted by molar-refractivity contribution is 0.973. The van der Waals surface area contributed by atoms with Gasteiger partial charge in [0.1, 0.15) is 5.52 Å². The maximum absolute atomic E-state index is 12.1. The molecule has 96 valence electrons. The van der Waals surface area contributed by atoms with Crippen LogP contribution in [0.3, 0.4) is 0 Å². The molecule has 3 aromatic heterocycles. The van der Waals surface area contributed by atoms with E-state index < -0.39 is 0 Å². The monoisotopic (exact) mass is 256 g/mol. The number of fused-ring (bicyclic) bond motifs is 1. The molecular weight excluding hydrogens is 244 g/mol. The third-order valence-electron chi connectivity index (χ3n) is 3.15. The van der Waals surface area contributed by atoms with Crippen LogP contribution in [0.25, 0.3) is 16.9 Å². The molecule has 0 unspecified atom stereocenters. The Morgan fingerprint density at radius 1 is 1.16 bits per heavy atom. The van der Waals surface area contributed by atoms with Gasteiger partial charge in [-0.25, -0.2) is 4.79 Å². The molecule has 0 aromatic carbocycles. The molecule has 3 aromatic rings. The number of aromatic amines is 2. The molecule has 0 amide bonds. The molecule has 0 aliphatic rings. The fraction of sp³-hybridized carbons (Fsp3) is 0.154. The molecule has 6 nitrogen and oxygen atoms in total. The van der Waals surface area contributed by atoms with Gasteiger partial charge in [-0.15, -0.1) is 0 Å². The Bertz CT molecular complexity index is 871. The van der Waals surface area contributed by atoms with Crippen molar-refractivity contribution in [1.82, 2.24) is 19.4 Å². The van der Waals surface area contributed by atoms with E-state index in [2.05, 4.69) is 15.0 Å². The average Bonchev–Trinajstić information content (AvgIpc) is 2.71. The summed E-state index contributed by atoms with van der Waals surface area (Å²) in [5, 5.41) is 0. The molecule has 19 heavy (non-hydrogen) atoms. The second-order valence-electron chi connectivity index (χ2n) is 4.37. The highest BCUT2D eigenvalue weighted by Gasteiger charge is 2.14. The van der Waals surface area contributed by atoms with Gasteiger partial charge in [0.2, 0.25) is 0 Å². The molecule has 0 bridgehead atoms. The van der Waals surface area contributed by atoms with Crippen LogP contribution in [-0.2, 0) is 0 Å². The van der Waals surface area contributed by atoms with Crippen molar-refractivity contribution < 1.29 is 0 Å². The standard InChI is InChI=1S/C13H12N4O2/c1-7-11-12(18)16-10(9-5-3-4-6-14-9)8(2)17(11)13(19)15-7/h3-6H,1-2H3,(H,15,19)(H,16,18). The molecular formula is C13H12N4O2. The van der Waals surface area contributed by atoms with Crippen LogP contribution in [-0.4, -0.2) is 19.4 Å². The SMILES string of the molecule is Cc1[nH]c(=O)n2c(C)c(-c3ccccn3)[nH]c(=O)c12. The predicted molar refractivity (Wildman–Crippen MR) is 71.3 cm³/mol. The number of aryl methyl sites for hydroxylation is 2. The zero-order chi connectivity index (χ0) is 13.6. The highest BCUT2D eigenvalue weighted by molar-refractivity contribution is 5.61. The third-order valence-corrected chi connectivity index (χ3v) is 3.15. The number of nitrogens with one attached hydrogen (secondary N) is 2. The molecule has 0 aliphatic heterocycles. The van der Waals surface area contributed by atoms with Crippen LogP contribution in [0.5, 0.6) is 0 Å². The van der Waals surface area contributed by atoms with Crippen LogP contribution in [0.15, 0.2) is 34.0 Å². The maximum Gasteiger partial charge on any atom is 0.330 e. The largest absolute Gasteiger partial charge is 0.330 e. The second-order valence-corrected chi connectivity index (χ2v) is 4.37. The number of pyridine rings is 1. The van der Waals surface area contributed by atoms with Crippen molar-refractivity contribution in [3.8, 4) is 11.4 Å². The minimum Gasteiger partial charge on any atom is -0.317 e. The van der Waals surface area contributed by atoms with Crippen molar-refractivity contribution in [3.63, 3.8) is 0 Å². The first-order valence-corrected chi connectivity index (χ1v) is 5.85. The lowest BCUT2D eigenvalue weighted by Gasteiger charge is -2.07. The van der Waals surface area contributed by atoms with E-state index in [4.69, 9.17) is 0 Å².